The predicted octanol–water partition coefficient (Wildman–Crippen LogP) is 4.51. The Morgan fingerprint density at radius 2 is 2.08 bits per heavy atom. The van der Waals surface area contributed by atoms with Gasteiger partial charge in [-0.3, -0.25) is 4.79 Å². The third kappa shape index (κ3) is 3.17. The van der Waals surface area contributed by atoms with Crippen LogP contribution in [0.3, 0.4) is 0 Å². The summed E-state index contributed by atoms with van der Waals surface area (Å²) in [7, 11) is 0. The number of halogens is 2. The smallest absolute Gasteiger partial charge is 0.255 e. The van der Waals surface area contributed by atoms with E-state index in [2.05, 4.69) is 15.5 Å². The van der Waals surface area contributed by atoms with E-state index in [0.29, 0.717) is 23.3 Å². The molecule has 1 saturated carbocycles. The molecular formula is C17H13F2N3O2S. The monoisotopic (exact) mass is 361 g/mol. The third-order valence-corrected chi connectivity index (χ3v) is 4.98. The number of hydrogen-bond acceptors (Lipinski definition) is 5. The summed E-state index contributed by atoms with van der Waals surface area (Å²) in [6, 6.07) is 4.78. The maximum absolute atomic E-state index is 13.3. The molecule has 0 aliphatic heterocycles. The van der Waals surface area contributed by atoms with Gasteiger partial charge in [0, 0.05) is 16.4 Å². The summed E-state index contributed by atoms with van der Waals surface area (Å²) in [4.78, 5) is 18.2. The first kappa shape index (κ1) is 15.9. The van der Waals surface area contributed by atoms with E-state index < -0.39 is 17.5 Å². The van der Waals surface area contributed by atoms with Gasteiger partial charge in [-0.05, 0) is 44.0 Å². The molecular weight excluding hydrogens is 348 g/mol. The minimum atomic E-state index is -1.06. The van der Waals surface area contributed by atoms with Gasteiger partial charge in [0.15, 0.2) is 11.6 Å². The number of aryl methyl sites for hydroxylation is 1. The van der Waals surface area contributed by atoms with Crippen LogP contribution in [0, 0.1) is 18.6 Å². The lowest BCUT2D eigenvalue weighted by Gasteiger charge is -2.04. The highest BCUT2D eigenvalue weighted by molar-refractivity contribution is 7.16. The van der Waals surface area contributed by atoms with E-state index in [1.807, 2.05) is 6.92 Å². The van der Waals surface area contributed by atoms with Crippen LogP contribution in [0.4, 0.5) is 14.5 Å². The number of carbonyl (C=O) groups excluding carboxylic acids is 1. The second kappa shape index (κ2) is 6.03. The molecule has 25 heavy (non-hydrogen) atoms. The Kier molecular flexibility index (Phi) is 3.84. The number of thiophene rings is 1. The molecule has 0 spiro atoms. The molecule has 0 radical (unpaired) electrons. The summed E-state index contributed by atoms with van der Waals surface area (Å²) in [6.07, 6.45) is 2.14. The van der Waals surface area contributed by atoms with Crippen LogP contribution in [-0.4, -0.2) is 16.0 Å². The maximum Gasteiger partial charge on any atom is 0.255 e. The first-order chi connectivity index (χ1) is 12.0. The second-order valence-electron chi connectivity index (χ2n) is 5.89. The fourth-order valence-electron chi connectivity index (χ4n) is 2.38. The number of benzene rings is 1. The molecule has 3 aromatic rings. The number of nitrogens with one attached hydrogen (secondary N) is 1. The van der Waals surface area contributed by atoms with E-state index in [1.54, 1.807) is 6.07 Å². The number of amides is 1. The van der Waals surface area contributed by atoms with Gasteiger partial charge in [-0.15, -0.1) is 11.3 Å². The van der Waals surface area contributed by atoms with Gasteiger partial charge in [0.2, 0.25) is 11.7 Å². The van der Waals surface area contributed by atoms with Crippen LogP contribution in [-0.2, 0) is 0 Å². The number of aromatic nitrogens is 2. The van der Waals surface area contributed by atoms with Crippen LogP contribution in [0.15, 0.2) is 28.8 Å². The molecule has 8 heteroatoms. The molecule has 0 unspecified atom stereocenters. The molecule has 1 N–H and O–H groups in total. The summed E-state index contributed by atoms with van der Waals surface area (Å²) in [5.41, 5.74) is 0.620. The Bertz CT molecular complexity index is 963. The lowest BCUT2D eigenvalue weighted by Crippen LogP contribution is -2.12. The van der Waals surface area contributed by atoms with E-state index in [9.17, 15) is 13.6 Å². The van der Waals surface area contributed by atoms with Gasteiger partial charge in [0.25, 0.3) is 5.91 Å². The molecule has 1 aliphatic carbocycles. The van der Waals surface area contributed by atoms with Crippen molar-refractivity contribution in [1.29, 1.82) is 0 Å². The molecule has 5 nitrogen and oxygen atoms in total. The summed E-state index contributed by atoms with van der Waals surface area (Å²) in [5, 5.41) is 6.68. The van der Waals surface area contributed by atoms with Crippen molar-refractivity contribution >= 4 is 22.9 Å². The van der Waals surface area contributed by atoms with Gasteiger partial charge in [-0.25, -0.2) is 8.78 Å². The number of hydrogen-bond donors (Lipinski definition) is 1. The molecule has 1 amide bonds. The second-order valence-corrected chi connectivity index (χ2v) is 7.15. The highest BCUT2D eigenvalue weighted by Crippen LogP contribution is 2.40. The number of nitrogens with zero attached hydrogens (tertiary/aromatic N) is 2. The topological polar surface area (TPSA) is 68.0 Å². The fraction of sp³-hybridized carbons (Fsp3) is 0.235. The average Bonchev–Trinajstić information content (AvgIpc) is 3.21. The van der Waals surface area contributed by atoms with Crippen molar-refractivity contribution in [1.82, 2.24) is 10.1 Å². The van der Waals surface area contributed by atoms with Crippen LogP contribution in [0.5, 0.6) is 0 Å². The van der Waals surface area contributed by atoms with Crippen molar-refractivity contribution in [3.63, 3.8) is 0 Å². The average molecular weight is 361 g/mol. The van der Waals surface area contributed by atoms with Gasteiger partial charge in [-0.1, -0.05) is 5.16 Å². The third-order valence-electron chi connectivity index (χ3n) is 3.94. The molecule has 2 heterocycles. The van der Waals surface area contributed by atoms with Crippen molar-refractivity contribution in [3.8, 4) is 10.7 Å². The van der Waals surface area contributed by atoms with E-state index >= 15 is 0 Å². The largest absolute Gasteiger partial charge is 0.339 e. The van der Waals surface area contributed by atoms with Gasteiger partial charge in [0.1, 0.15) is 0 Å². The van der Waals surface area contributed by atoms with Crippen molar-refractivity contribution < 1.29 is 18.1 Å². The Hall–Kier alpha value is -2.61. The molecule has 128 valence electrons. The lowest BCUT2D eigenvalue weighted by molar-refractivity contribution is 0.102. The first-order valence-electron chi connectivity index (χ1n) is 7.72. The van der Waals surface area contributed by atoms with Crippen molar-refractivity contribution in [3.05, 3.63) is 52.2 Å². The molecule has 1 aliphatic rings. The van der Waals surface area contributed by atoms with Crippen LogP contribution in [0.2, 0.25) is 0 Å². The van der Waals surface area contributed by atoms with Gasteiger partial charge in [-0.2, -0.15) is 4.98 Å². The van der Waals surface area contributed by atoms with Gasteiger partial charge in [0.05, 0.1) is 10.6 Å². The number of rotatable bonds is 4. The SMILES string of the molecule is Cc1sc(-c2noc(C3CC3)n2)cc1NC(=O)c1ccc(F)c(F)c1. The maximum atomic E-state index is 13.3. The number of carbonyl (C=O) groups is 1. The van der Waals surface area contributed by atoms with Crippen molar-refractivity contribution in [2.45, 2.75) is 25.7 Å². The molecule has 0 atom stereocenters. The molecule has 0 saturated heterocycles. The van der Waals surface area contributed by atoms with E-state index in [4.69, 9.17) is 4.52 Å². The Morgan fingerprint density at radius 1 is 1.28 bits per heavy atom. The fourth-order valence-corrected chi connectivity index (χ4v) is 3.28. The van der Waals surface area contributed by atoms with Crippen molar-refractivity contribution in [2.75, 3.05) is 5.32 Å². The zero-order valence-corrected chi connectivity index (χ0v) is 14.0. The van der Waals surface area contributed by atoms with Crippen LogP contribution >= 0.6 is 11.3 Å². The highest BCUT2D eigenvalue weighted by atomic mass is 32.1. The van der Waals surface area contributed by atoms with E-state index in [-0.39, 0.29) is 5.56 Å². The zero-order valence-electron chi connectivity index (χ0n) is 13.2. The highest BCUT2D eigenvalue weighted by Gasteiger charge is 2.30. The Balaban J connectivity index is 1.55. The molecule has 2 aromatic heterocycles. The van der Waals surface area contributed by atoms with Gasteiger partial charge >= 0.3 is 0 Å². The van der Waals surface area contributed by atoms with Crippen LogP contribution < -0.4 is 5.32 Å². The summed E-state index contributed by atoms with van der Waals surface area (Å²) in [5.74, 6) is -1.06. The Morgan fingerprint density at radius 3 is 2.80 bits per heavy atom. The normalized spacial score (nSPS) is 13.9. The number of anilines is 1. The molecule has 0 bridgehead atoms. The summed E-state index contributed by atoms with van der Waals surface area (Å²) >= 11 is 1.42. The Labute approximate surface area is 145 Å². The zero-order chi connectivity index (χ0) is 17.6. The standard InChI is InChI=1S/C17H13F2N3O2S/c1-8-13(20-16(23)10-4-5-11(18)12(19)6-10)7-14(25-8)15-21-17(24-22-15)9-2-3-9/h4-7,9H,2-3H2,1H3,(H,20,23). The van der Waals surface area contributed by atoms with E-state index in [1.165, 1.54) is 17.4 Å². The predicted molar refractivity (Wildman–Crippen MR) is 88.6 cm³/mol. The summed E-state index contributed by atoms with van der Waals surface area (Å²) < 4.78 is 31.5. The van der Waals surface area contributed by atoms with E-state index in [0.717, 1.165) is 34.7 Å². The minimum Gasteiger partial charge on any atom is -0.339 e. The minimum absolute atomic E-state index is 0.0432. The molecule has 1 aromatic carbocycles. The van der Waals surface area contributed by atoms with Gasteiger partial charge < -0.3 is 9.84 Å². The summed E-state index contributed by atoms with van der Waals surface area (Å²) in [6.45, 7) is 1.84. The lowest BCUT2D eigenvalue weighted by atomic mass is 10.2. The van der Waals surface area contributed by atoms with Crippen molar-refractivity contribution in [2.24, 2.45) is 0 Å². The quantitative estimate of drug-likeness (QED) is 0.742. The van der Waals surface area contributed by atoms with Crippen LogP contribution in [0.25, 0.3) is 10.7 Å². The molecule has 4 rings (SSSR count). The molecule has 1 fully saturated rings. The first-order valence-corrected chi connectivity index (χ1v) is 8.53. The van der Waals surface area contributed by atoms with Crippen LogP contribution in [0.1, 0.15) is 39.9 Å².